The predicted octanol–water partition coefficient (Wildman–Crippen LogP) is 4.27. The van der Waals surface area contributed by atoms with Crippen molar-refractivity contribution in [2.24, 2.45) is 5.10 Å². The number of ether oxygens (including phenoxy) is 2. The van der Waals surface area contributed by atoms with Crippen LogP contribution in [0.1, 0.15) is 34.2 Å². The van der Waals surface area contributed by atoms with Crippen molar-refractivity contribution in [2.45, 2.75) is 20.8 Å². The molecule has 3 aromatic rings. The largest absolute Gasteiger partial charge is 0.484 e. The summed E-state index contributed by atoms with van der Waals surface area (Å²) >= 11 is 0. The van der Waals surface area contributed by atoms with Gasteiger partial charge in [-0.15, -0.1) is 0 Å². The molecule has 0 aliphatic heterocycles. The number of benzene rings is 2. The number of amides is 1. The molecule has 160 valence electrons. The third-order valence-electron chi connectivity index (χ3n) is 4.25. The molecule has 1 aromatic heterocycles. The summed E-state index contributed by atoms with van der Waals surface area (Å²) in [5, 5.41) is 3.89. The molecular formula is C24H24N2O5. The minimum atomic E-state index is -0.378. The van der Waals surface area contributed by atoms with Crippen molar-refractivity contribution < 1.29 is 23.5 Å². The van der Waals surface area contributed by atoms with Gasteiger partial charge in [-0.1, -0.05) is 18.2 Å². The van der Waals surface area contributed by atoms with Gasteiger partial charge in [0.25, 0.3) is 5.91 Å². The number of aryl methyl sites for hydroxylation is 2. The Morgan fingerprint density at radius 2 is 1.74 bits per heavy atom. The van der Waals surface area contributed by atoms with E-state index in [0.29, 0.717) is 29.4 Å². The maximum Gasteiger partial charge on any atom is 0.338 e. The Morgan fingerprint density at radius 3 is 2.42 bits per heavy atom. The number of hydrogen-bond acceptors (Lipinski definition) is 6. The lowest BCUT2D eigenvalue weighted by molar-refractivity contribution is -0.123. The van der Waals surface area contributed by atoms with Crippen LogP contribution in [-0.4, -0.2) is 31.3 Å². The first kappa shape index (κ1) is 21.8. The second kappa shape index (κ2) is 10.2. The summed E-state index contributed by atoms with van der Waals surface area (Å²) in [6.07, 6.45) is 1.41. The molecule has 31 heavy (non-hydrogen) atoms. The Morgan fingerprint density at radius 1 is 1.03 bits per heavy atom. The molecule has 1 N–H and O–H groups in total. The van der Waals surface area contributed by atoms with E-state index >= 15 is 0 Å². The Labute approximate surface area is 180 Å². The molecule has 0 aliphatic carbocycles. The van der Waals surface area contributed by atoms with E-state index < -0.39 is 0 Å². The van der Waals surface area contributed by atoms with Gasteiger partial charge >= 0.3 is 5.97 Å². The van der Waals surface area contributed by atoms with Crippen LogP contribution in [0.4, 0.5) is 0 Å². The van der Waals surface area contributed by atoms with Crippen LogP contribution in [0.25, 0.3) is 11.3 Å². The minimum absolute atomic E-state index is 0.142. The number of carbonyl (C=O) groups excluding carboxylic acids is 2. The third-order valence-corrected chi connectivity index (χ3v) is 4.25. The average Bonchev–Trinajstić information content (AvgIpc) is 3.21. The molecule has 0 fully saturated rings. The van der Waals surface area contributed by atoms with Crippen LogP contribution in [0.3, 0.4) is 0 Å². The fourth-order valence-corrected chi connectivity index (χ4v) is 2.93. The number of rotatable bonds is 8. The molecule has 0 unspecified atom stereocenters. The summed E-state index contributed by atoms with van der Waals surface area (Å²) < 4.78 is 16.2. The second-order valence-electron chi connectivity index (χ2n) is 6.91. The highest BCUT2D eigenvalue weighted by atomic mass is 16.5. The van der Waals surface area contributed by atoms with Gasteiger partial charge in [0.1, 0.15) is 17.3 Å². The topological polar surface area (TPSA) is 90.1 Å². The summed E-state index contributed by atoms with van der Waals surface area (Å²) in [4.78, 5) is 23.6. The summed E-state index contributed by atoms with van der Waals surface area (Å²) in [7, 11) is 0. The van der Waals surface area contributed by atoms with Crippen molar-refractivity contribution in [3.63, 3.8) is 0 Å². The van der Waals surface area contributed by atoms with Gasteiger partial charge in [0.05, 0.1) is 18.4 Å². The van der Waals surface area contributed by atoms with Gasteiger partial charge < -0.3 is 13.9 Å². The van der Waals surface area contributed by atoms with Crippen molar-refractivity contribution in [1.82, 2.24) is 5.43 Å². The zero-order valence-electron chi connectivity index (χ0n) is 17.7. The lowest BCUT2D eigenvalue weighted by Crippen LogP contribution is -2.24. The Bertz CT molecular complexity index is 1060. The van der Waals surface area contributed by atoms with Crippen molar-refractivity contribution >= 4 is 18.1 Å². The normalized spacial score (nSPS) is 10.8. The number of nitrogens with one attached hydrogen (secondary N) is 1. The summed E-state index contributed by atoms with van der Waals surface area (Å²) in [6.45, 7) is 5.89. The third kappa shape index (κ3) is 6.30. The van der Waals surface area contributed by atoms with E-state index in [9.17, 15) is 9.59 Å². The zero-order chi connectivity index (χ0) is 22.2. The molecule has 0 spiro atoms. The Hall–Kier alpha value is -3.87. The van der Waals surface area contributed by atoms with Gasteiger partial charge in [0.2, 0.25) is 0 Å². The summed E-state index contributed by atoms with van der Waals surface area (Å²) in [6, 6.07) is 16.2. The highest BCUT2D eigenvalue weighted by molar-refractivity contribution is 5.90. The van der Waals surface area contributed by atoms with Gasteiger partial charge in [0, 0.05) is 5.56 Å². The first-order valence-corrected chi connectivity index (χ1v) is 9.85. The van der Waals surface area contributed by atoms with Crippen LogP contribution in [0, 0.1) is 13.8 Å². The van der Waals surface area contributed by atoms with Crippen LogP contribution in [0.15, 0.2) is 64.1 Å². The van der Waals surface area contributed by atoms with Crippen molar-refractivity contribution in [3.8, 4) is 17.1 Å². The van der Waals surface area contributed by atoms with Crippen LogP contribution in [-0.2, 0) is 9.53 Å². The van der Waals surface area contributed by atoms with Crippen LogP contribution >= 0.6 is 0 Å². The number of esters is 1. The van der Waals surface area contributed by atoms with E-state index in [4.69, 9.17) is 13.9 Å². The van der Waals surface area contributed by atoms with Crippen LogP contribution in [0.2, 0.25) is 0 Å². The Kier molecular flexibility index (Phi) is 7.22. The van der Waals surface area contributed by atoms with Crippen molar-refractivity contribution in [3.05, 3.63) is 77.0 Å². The molecule has 0 saturated heterocycles. The maximum atomic E-state index is 11.9. The Balaban J connectivity index is 1.52. The lowest BCUT2D eigenvalue weighted by atomic mass is 10.1. The highest BCUT2D eigenvalue weighted by Gasteiger charge is 2.08. The summed E-state index contributed by atoms with van der Waals surface area (Å²) in [5.41, 5.74) is 5.82. The summed E-state index contributed by atoms with van der Waals surface area (Å²) in [5.74, 6) is 0.984. The number of furan rings is 1. The highest BCUT2D eigenvalue weighted by Crippen LogP contribution is 2.22. The molecule has 1 heterocycles. The van der Waals surface area contributed by atoms with Gasteiger partial charge in [-0.05, 0) is 68.3 Å². The van der Waals surface area contributed by atoms with Crippen molar-refractivity contribution in [2.75, 3.05) is 13.2 Å². The minimum Gasteiger partial charge on any atom is -0.484 e. The number of nitrogens with zero attached hydrogens (tertiary/aromatic N) is 1. The number of hydrazone groups is 1. The van der Waals surface area contributed by atoms with Crippen LogP contribution < -0.4 is 10.2 Å². The van der Waals surface area contributed by atoms with Gasteiger partial charge in [-0.2, -0.15) is 5.10 Å². The fourth-order valence-electron chi connectivity index (χ4n) is 2.93. The van der Waals surface area contributed by atoms with Gasteiger partial charge in [-0.25, -0.2) is 10.2 Å². The van der Waals surface area contributed by atoms with E-state index in [1.54, 1.807) is 43.3 Å². The molecule has 7 nitrogen and oxygen atoms in total. The molecule has 0 radical (unpaired) electrons. The average molecular weight is 420 g/mol. The van der Waals surface area contributed by atoms with Gasteiger partial charge in [-0.3, -0.25) is 4.79 Å². The first-order chi connectivity index (χ1) is 14.9. The molecular weight excluding hydrogens is 396 g/mol. The number of carbonyl (C=O) groups is 2. The van der Waals surface area contributed by atoms with E-state index in [1.165, 1.54) is 6.21 Å². The molecule has 1 amide bonds. The first-order valence-electron chi connectivity index (χ1n) is 9.85. The van der Waals surface area contributed by atoms with E-state index in [2.05, 4.69) is 10.5 Å². The quantitative estimate of drug-likeness (QED) is 0.334. The van der Waals surface area contributed by atoms with Crippen molar-refractivity contribution in [1.29, 1.82) is 0 Å². The molecule has 7 heteroatoms. The standard InChI is InChI=1S/C24H24N2O5/c1-4-29-24(28)19-7-5-18(6-8-19)22-10-9-20(31-22)14-25-26-23(27)15-30-21-12-16(2)11-17(3)13-21/h5-14H,4,15H2,1-3H3,(H,26,27)/b25-14+. The smallest absolute Gasteiger partial charge is 0.338 e. The predicted molar refractivity (Wildman–Crippen MR) is 117 cm³/mol. The zero-order valence-corrected chi connectivity index (χ0v) is 17.7. The SMILES string of the molecule is CCOC(=O)c1ccc(-c2ccc(/C=N/NC(=O)COc3cc(C)cc(C)c3)o2)cc1. The van der Waals surface area contributed by atoms with E-state index in [0.717, 1.165) is 16.7 Å². The molecule has 0 bridgehead atoms. The molecule has 0 atom stereocenters. The van der Waals surface area contributed by atoms with Crippen LogP contribution in [0.5, 0.6) is 5.75 Å². The number of hydrogen-bond donors (Lipinski definition) is 1. The second-order valence-corrected chi connectivity index (χ2v) is 6.91. The molecule has 3 rings (SSSR count). The fraction of sp³-hybridized carbons (Fsp3) is 0.208. The molecule has 0 aliphatic rings. The molecule has 0 saturated carbocycles. The van der Waals surface area contributed by atoms with E-state index in [-0.39, 0.29) is 18.5 Å². The maximum absolute atomic E-state index is 11.9. The van der Waals surface area contributed by atoms with E-state index in [1.807, 2.05) is 32.0 Å². The monoisotopic (exact) mass is 420 g/mol. The van der Waals surface area contributed by atoms with Gasteiger partial charge in [0.15, 0.2) is 6.61 Å². The molecule has 2 aromatic carbocycles. The lowest BCUT2D eigenvalue weighted by Gasteiger charge is -2.07.